The maximum absolute atomic E-state index is 12.2. The number of nitrogens with zero attached hydrogens (tertiary/aromatic N) is 1. The Morgan fingerprint density at radius 1 is 1.00 bits per heavy atom. The first-order chi connectivity index (χ1) is 14.9. The van der Waals surface area contributed by atoms with Gasteiger partial charge in [0.05, 0.1) is 0 Å². The summed E-state index contributed by atoms with van der Waals surface area (Å²) < 4.78 is 5.81. The van der Waals surface area contributed by atoms with Crippen LogP contribution in [0.4, 0.5) is 0 Å². The van der Waals surface area contributed by atoms with E-state index in [-0.39, 0.29) is 22.9 Å². The number of carbonyl (C=O) groups is 2. The summed E-state index contributed by atoms with van der Waals surface area (Å²) in [5.41, 5.74) is 2.90. The monoisotopic (exact) mass is 427 g/mol. The third-order valence-electron chi connectivity index (χ3n) is 10.5. The van der Waals surface area contributed by atoms with E-state index in [0.29, 0.717) is 17.8 Å². The molecule has 0 aromatic carbocycles. The molecule has 1 saturated heterocycles. The molecular weight excluding hydrogens is 386 g/mol. The fourth-order valence-electron chi connectivity index (χ4n) is 8.97. The minimum absolute atomic E-state index is 0.101. The largest absolute Gasteiger partial charge is 0.462 e. The fraction of sp³-hybridized carbons (Fsp3) is 0.852. The van der Waals surface area contributed by atoms with Crippen molar-refractivity contribution in [2.24, 2.45) is 34.5 Å². The molecule has 4 nitrogen and oxygen atoms in total. The molecule has 1 heterocycles. The SMILES string of the molecule is CC(=O)OC1CC[C@H]2[C@@H]3CCC4CC(N5CCCCC5)=C(C=O)C[C@]4(C)[C@H]3CC[C@]12C. The van der Waals surface area contributed by atoms with Gasteiger partial charge in [-0.1, -0.05) is 13.8 Å². The van der Waals surface area contributed by atoms with Gasteiger partial charge in [0.1, 0.15) is 12.4 Å². The van der Waals surface area contributed by atoms with Crippen molar-refractivity contribution in [1.29, 1.82) is 0 Å². The Kier molecular flexibility index (Phi) is 5.50. The lowest BCUT2D eigenvalue weighted by atomic mass is 9.45. The molecule has 0 bridgehead atoms. The number of carbonyl (C=O) groups excluding carboxylic acids is 2. The van der Waals surface area contributed by atoms with Crippen LogP contribution in [0.3, 0.4) is 0 Å². The molecule has 5 aliphatic rings. The lowest BCUT2D eigenvalue weighted by Crippen LogP contribution is -2.54. The average molecular weight is 428 g/mol. The molecule has 2 unspecified atom stereocenters. The minimum atomic E-state index is -0.122. The standard InChI is InChI=1S/C27H41NO3/c1-18(30)31-25-10-9-22-21-8-7-20-15-24(28-13-5-4-6-14-28)19(17-29)16-27(20,3)23(21)11-12-26(22,25)2/h17,20-23,25H,4-16H2,1-3H3/t20?,21-,22-,23-,25?,26-,27-/m0/s1. The molecule has 1 aliphatic heterocycles. The van der Waals surface area contributed by atoms with E-state index in [1.807, 2.05) is 0 Å². The molecule has 0 spiro atoms. The fourth-order valence-corrected chi connectivity index (χ4v) is 8.97. The lowest BCUT2D eigenvalue weighted by molar-refractivity contribution is -0.160. The highest BCUT2D eigenvalue weighted by Gasteiger charge is 2.61. The Balaban J connectivity index is 1.40. The molecule has 0 aromatic heterocycles. The van der Waals surface area contributed by atoms with Gasteiger partial charge in [0, 0.05) is 36.7 Å². The summed E-state index contributed by atoms with van der Waals surface area (Å²) >= 11 is 0. The quantitative estimate of drug-likeness (QED) is 0.440. The summed E-state index contributed by atoms with van der Waals surface area (Å²) in [4.78, 5) is 26.5. The molecule has 4 fully saturated rings. The summed E-state index contributed by atoms with van der Waals surface area (Å²) in [6.07, 6.45) is 14.5. The number of rotatable bonds is 3. The second kappa shape index (κ2) is 7.92. The smallest absolute Gasteiger partial charge is 0.302 e. The van der Waals surface area contributed by atoms with Gasteiger partial charge in [-0.05, 0) is 99.7 Å². The number of fused-ring (bicyclic) bond motifs is 5. The summed E-state index contributed by atoms with van der Waals surface area (Å²) in [5.74, 6) is 2.69. The predicted octanol–water partition coefficient (Wildman–Crippen LogP) is 5.51. The molecule has 0 radical (unpaired) electrons. The molecule has 0 amide bonds. The normalized spacial score (nSPS) is 44.9. The zero-order valence-electron chi connectivity index (χ0n) is 19.8. The van der Waals surface area contributed by atoms with Gasteiger partial charge in [-0.2, -0.15) is 0 Å². The molecule has 5 rings (SSSR count). The highest BCUT2D eigenvalue weighted by molar-refractivity contribution is 5.75. The first kappa shape index (κ1) is 21.5. The zero-order chi connectivity index (χ0) is 21.8. The van der Waals surface area contributed by atoms with Crippen LogP contribution in [-0.4, -0.2) is 36.3 Å². The second-order valence-electron chi connectivity index (χ2n) is 11.9. The van der Waals surface area contributed by atoms with Crippen molar-refractivity contribution in [3.63, 3.8) is 0 Å². The molecule has 172 valence electrons. The third kappa shape index (κ3) is 3.38. The van der Waals surface area contributed by atoms with Crippen LogP contribution in [0.15, 0.2) is 11.3 Å². The van der Waals surface area contributed by atoms with Crippen molar-refractivity contribution in [2.75, 3.05) is 13.1 Å². The van der Waals surface area contributed by atoms with Gasteiger partial charge in [-0.3, -0.25) is 9.59 Å². The summed E-state index contributed by atoms with van der Waals surface area (Å²) in [6, 6.07) is 0. The topological polar surface area (TPSA) is 46.6 Å². The van der Waals surface area contributed by atoms with Crippen LogP contribution in [0.1, 0.15) is 91.4 Å². The van der Waals surface area contributed by atoms with Gasteiger partial charge in [0.15, 0.2) is 0 Å². The molecule has 0 N–H and O–H groups in total. The molecular formula is C27H41NO3. The Morgan fingerprint density at radius 3 is 2.45 bits per heavy atom. The van der Waals surface area contributed by atoms with Crippen LogP contribution in [0.25, 0.3) is 0 Å². The number of esters is 1. The summed E-state index contributed by atoms with van der Waals surface area (Å²) in [7, 11) is 0. The van der Waals surface area contributed by atoms with Crippen molar-refractivity contribution in [1.82, 2.24) is 4.90 Å². The summed E-state index contributed by atoms with van der Waals surface area (Å²) in [5, 5.41) is 0. The van der Waals surface area contributed by atoms with Crippen molar-refractivity contribution in [2.45, 2.75) is 97.5 Å². The highest BCUT2D eigenvalue weighted by atomic mass is 16.5. The van der Waals surface area contributed by atoms with E-state index in [4.69, 9.17) is 4.74 Å². The Labute approximate surface area is 188 Å². The minimum Gasteiger partial charge on any atom is -0.462 e. The van der Waals surface area contributed by atoms with Gasteiger partial charge >= 0.3 is 5.97 Å². The van der Waals surface area contributed by atoms with Crippen LogP contribution in [0.5, 0.6) is 0 Å². The zero-order valence-corrected chi connectivity index (χ0v) is 19.8. The van der Waals surface area contributed by atoms with E-state index in [1.54, 1.807) is 6.92 Å². The predicted molar refractivity (Wildman–Crippen MR) is 121 cm³/mol. The number of allylic oxidation sites excluding steroid dienone is 2. The van der Waals surface area contributed by atoms with Gasteiger partial charge in [0.25, 0.3) is 0 Å². The van der Waals surface area contributed by atoms with Crippen molar-refractivity contribution < 1.29 is 14.3 Å². The van der Waals surface area contributed by atoms with Gasteiger partial charge in [-0.25, -0.2) is 0 Å². The highest BCUT2D eigenvalue weighted by Crippen LogP contribution is 2.67. The maximum Gasteiger partial charge on any atom is 0.302 e. The molecule has 3 saturated carbocycles. The first-order valence-corrected chi connectivity index (χ1v) is 13.0. The van der Waals surface area contributed by atoms with Gasteiger partial charge in [0.2, 0.25) is 0 Å². The Hall–Kier alpha value is -1.32. The number of hydrogen-bond acceptors (Lipinski definition) is 4. The van der Waals surface area contributed by atoms with Crippen LogP contribution >= 0.6 is 0 Å². The van der Waals surface area contributed by atoms with E-state index in [0.717, 1.165) is 50.3 Å². The van der Waals surface area contributed by atoms with Gasteiger partial charge < -0.3 is 9.64 Å². The third-order valence-corrected chi connectivity index (χ3v) is 10.5. The van der Waals surface area contributed by atoms with Crippen molar-refractivity contribution in [3.05, 3.63) is 11.3 Å². The molecule has 4 aliphatic carbocycles. The number of piperidine rings is 1. The van der Waals surface area contributed by atoms with E-state index in [2.05, 4.69) is 18.7 Å². The molecule has 0 aromatic rings. The van der Waals surface area contributed by atoms with E-state index >= 15 is 0 Å². The second-order valence-corrected chi connectivity index (χ2v) is 11.9. The van der Waals surface area contributed by atoms with Crippen molar-refractivity contribution >= 4 is 12.3 Å². The van der Waals surface area contributed by atoms with E-state index in [1.165, 1.54) is 56.9 Å². The molecule has 4 heteroatoms. The number of hydrogen-bond donors (Lipinski definition) is 0. The van der Waals surface area contributed by atoms with Crippen LogP contribution in [0, 0.1) is 34.5 Å². The number of ether oxygens (including phenoxy) is 1. The van der Waals surface area contributed by atoms with Crippen LogP contribution in [-0.2, 0) is 14.3 Å². The van der Waals surface area contributed by atoms with Crippen LogP contribution in [0.2, 0.25) is 0 Å². The van der Waals surface area contributed by atoms with Gasteiger partial charge in [-0.15, -0.1) is 0 Å². The molecule has 7 atom stereocenters. The van der Waals surface area contributed by atoms with Crippen LogP contribution < -0.4 is 0 Å². The Bertz CT molecular complexity index is 768. The number of aldehydes is 1. The van der Waals surface area contributed by atoms with E-state index in [9.17, 15) is 9.59 Å². The maximum atomic E-state index is 12.2. The Morgan fingerprint density at radius 2 is 1.74 bits per heavy atom. The average Bonchev–Trinajstić information content (AvgIpc) is 3.09. The van der Waals surface area contributed by atoms with Crippen molar-refractivity contribution in [3.8, 4) is 0 Å². The summed E-state index contributed by atoms with van der Waals surface area (Å²) in [6.45, 7) is 8.76. The molecule has 31 heavy (non-hydrogen) atoms. The first-order valence-electron chi connectivity index (χ1n) is 13.0. The van der Waals surface area contributed by atoms with E-state index < -0.39 is 0 Å². The number of likely N-dealkylation sites (tertiary alicyclic amines) is 1. The lowest BCUT2D eigenvalue weighted by Gasteiger charge is -2.60.